The number of carbonyl (C=O) groups excluding carboxylic acids is 1. The number of aromatic nitrogens is 4. The van der Waals surface area contributed by atoms with E-state index in [0.717, 1.165) is 47.2 Å². The van der Waals surface area contributed by atoms with Gasteiger partial charge < -0.3 is 0 Å². The van der Waals surface area contributed by atoms with Gasteiger partial charge in [-0.05, 0) is 29.5 Å². The molecule has 0 saturated carbocycles. The van der Waals surface area contributed by atoms with Crippen molar-refractivity contribution < 1.29 is 9.32 Å². The fraction of sp³-hybridized carbons (Fsp3) is 0.387. The van der Waals surface area contributed by atoms with E-state index >= 15 is 0 Å². The Morgan fingerprint density at radius 3 is 2.25 bits per heavy atom. The van der Waals surface area contributed by atoms with Crippen LogP contribution >= 0.6 is 0 Å². The van der Waals surface area contributed by atoms with Crippen molar-refractivity contribution in [3.63, 3.8) is 0 Å². The first kappa shape index (κ1) is 32.1. The normalized spacial score (nSPS) is 11.3. The molecule has 1 N–H and O–H groups in total. The molecule has 2 aromatic carbocycles. The molecule has 206 valence electrons. The molecule has 2 aromatic heterocycles. The zero-order valence-electron chi connectivity index (χ0n) is 23.3. The van der Waals surface area contributed by atoms with E-state index in [1.54, 1.807) is 4.57 Å². The van der Waals surface area contributed by atoms with Crippen molar-refractivity contribution in [2.24, 2.45) is 5.41 Å². The third kappa shape index (κ3) is 7.44. The second-order valence-corrected chi connectivity index (χ2v) is 10.8. The minimum absolute atomic E-state index is 0. The number of aryl methyl sites for hydroxylation is 2. The average Bonchev–Trinajstić information content (AvgIpc) is 3.36. The number of Topliss-reactive ketones (excluding diaryl/α,β-unsaturated/α-hetero) is 1. The van der Waals surface area contributed by atoms with Crippen LogP contribution in [0.25, 0.3) is 22.5 Å². The van der Waals surface area contributed by atoms with Gasteiger partial charge in [-0.2, -0.15) is 0 Å². The van der Waals surface area contributed by atoms with E-state index in [2.05, 4.69) is 17.1 Å². The van der Waals surface area contributed by atoms with Gasteiger partial charge in [0.05, 0.1) is 12.2 Å². The molecule has 0 bridgehead atoms. The van der Waals surface area contributed by atoms with Crippen LogP contribution in [0.2, 0.25) is 0 Å². The van der Waals surface area contributed by atoms with Crippen LogP contribution in [-0.4, -0.2) is 76.9 Å². The van der Waals surface area contributed by atoms with Crippen LogP contribution in [0, 0.1) is 5.41 Å². The van der Waals surface area contributed by atoms with Gasteiger partial charge in [0.25, 0.3) is 5.56 Å². The third-order valence-corrected chi connectivity index (χ3v) is 6.92. The third-order valence-electron chi connectivity index (χ3n) is 6.92. The monoisotopic (exact) mass is 568 g/mol. The van der Waals surface area contributed by atoms with Crippen LogP contribution in [0.4, 0.5) is 0 Å². The van der Waals surface area contributed by atoms with Gasteiger partial charge >= 0.3 is 57.1 Å². The number of H-pyrrole nitrogens is 1. The van der Waals surface area contributed by atoms with E-state index in [0.29, 0.717) is 30.1 Å². The van der Waals surface area contributed by atoms with E-state index in [9.17, 15) is 14.4 Å². The number of nitrogens with zero attached hydrogens (tertiary/aromatic N) is 3. The molecule has 0 spiro atoms. The molecule has 0 amide bonds. The van der Waals surface area contributed by atoms with Crippen molar-refractivity contribution in [2.45, 2.75) is 73.3 Å². The first-order valence-corrected chi connectivity index (χ1v) is 13.5. The predicted octanol–water partition coefficient (Wildman–Crippen LogP) is 4.72. The van der Waals surface area contributed by atoms with Crippen LogP contribution in [0.1, 0.15) is 70.1 Å². The summed E-state index contributed by atoms with van der Waals surface area (Å²) in [6.45, 7) is 9.73. The molecule has 0 radical (unpaired) electrons. The first-order chi connectivity index (χ1) is 18.6. The number of rotatable bonds is 10. The minimum atomic E-state index is -0.605. The van der Waals surface area contributed by atoms with Gasteiger partial charge in [-0.1, -0.05) is 94.7 Å². The summed E-state index contributed by atoms with van der Waals surface area (Å²) in [4.78, 5) is 45.7. The number of ketones is 1. The standard InChI is InChI=1S/C31H36N4O4.K.H/c1-6-8-13-25-24(29(37)35(27(7-2)32-25)19-26(36)31(3,4)5)18-20-14-16-21(17-15-20)22-11-9-10-12-23(22)28-33-30(38)39-34-28;;/h9-12,14-17H,6-8,13,18-19H2,1-5H3,(H,33,34,38);;. The van der Waals surface area contributed by atoms with Crippen molar-refractivity contribution in [3.05, 3.63) is 92.1 Å². The Morgan fingerprint density at radius 2 is 1.68 bits per heavy atom. The maximum atomic E-state index is 13.8. The quantitative estimate of drug-likeness (QED) is 0.277. The molecule has 4 aromatic rings. The van der Waals surface area contributed by atoms with Crippen LogP contribution in [-0.2, 0) is 30.6 Å². The van der Waals surface area contributed by atoms with Gasteiger partial charge in [0.2, 0.25) is 0 Å². The summed E-state index contributed by atoms with van der Waals surface area (Å²) in [7, 11) is 0. The molecule has 0 aliphatic carbocycles. The van der Waals surface area contributed by atoms with E-state index in [-0.39, 0.29) is 69.3 Å². The second kappa shape index (κ2) is 14.0. The summed E-state index contributed by atoms with van der Waals surface area (Å²) in [6.07, 6.45) is 3.67. The molecule has 0 aliphatic heterocycles. The van der Waals surface area contributed by atoms with Gasteiger partial charge in [0, 0.05) is 29.4 Å². The molecule has 2 heterocycles. The molecule has 0 fully saturated rings. The molecule has 4 rings (SSSR count). The molecular weight excluding hydrogens is 531 g/mol. The van der Waals surface area contributed by atoms with Gasteiger partial charge in [-0.25, -0.2) is 9.78 Å². The average molecular weight is 569 g/mol. The SMILES string of the molecule is CCCCc1nc(CC)n(CC(=O)C(C)(C)C)c(=O)c1Cc1ccc(-c2ccccc2-c2noc(=O)[nH]2)cc1.[KH]. The Balaban J connectivity index is 0.00000441. The van der Waals surface area contributed by atoms with Gasteiger partial charge in [0.15, 0.2) is 11.6 Å². The zero-order valence-corrected chi connectivity index (χ0v) is 23.3. The number of benzene rings is 2. The van der Waals surface area contributed by atoms with Crippen molar-refractivity contribution in [2.75, 3.05) is 0 Å². The van der Waals surface area contributed by atoms with Crippen LogP contribution in [0.15, 0.2) is 62.6 Å². The summed E-state index contributed by atoms with van der Waals surface area (Å²) in [5, 5.41) is 3.84. The number of carbonyl (C=O) groups is 1. The van der Waals surface area contributed by atoms with Crippen molar-refractivity contribution in [1.29, 1.82) is 0 Å². The summed E-state index contributed by atoms with van der Waals surface area (Å²) in [5.41, 5.74) is 4.36. The van der Waals surface area contributed by atoms with E-state index in [4.69, 9.17) is 9.51 Å². The Kier molecular flexibility index (Phi) is 11.2. The number of hydrogen-bond acceptors (Lipinski definition) is 6. The number of unbranched alkanes of at least 4 members (excludes halogenated alkanes) is 1. The van der Waals surface area contributed by atoms with E-state index < -0.39 is 11.2 Å². The maximum absolute atomic E-state index is 13.8. The van der Waals surface area contributed by atoms with Crippen LogP contribution in [0.3, 0.4) is 0 Å². The molecule has 0 saturated heterocycles. The fourth-order valence-electron chi connectivity index (χ4n) is 4.52. The van der Waals surface area contributed by atoms with Crippen LogP contribution < -0.4 is 11.3 Å². The fourth-order valence-corrected chi connectivity index (χ4v) is 4.52. The summed E-state index contributed by atoms with van der Waals surface area (Å²) in [6, 6.07) is 15.6. The van der Waals surface area contributed by atoms with Gasteiger partial charge in [0.1, 0.15) is 5.82 Å². The Bertz CT molecular complexity index is 1580. The topological polar surface area (TPSA) is 111 Å². The molecule has 0 atom stereocenters. The molecular formula is C31H37KN4O4. The van der Waals surface area contributed by atoms with Gasteiger partial charge in [-0.15, -0.1) is 0 Å². The van der Waals surface area contributed by atoms with E-state index in [1.165, 1.54) is 0 Å². The van der Waals surface area contributed by atoms with Crippen molar-refractivity contribution in [1.82, 2.24) is 19.7 Å². The number of hydrogen-bond donors (Lipinski definition) is 1. The predicted molar refractivity (Wildman–Crippen MR) is 159 cm³/mol. The Morgan fingerprint density at radius 1 is 1.00 bits per heavy atom. The zero-order chi connectivity index (χ0) is 28.2. The summed E-state index contributed by atoms with van der Waals surface area (Å²) >= 11 is 0. The summed E-state index contributed by atoms with van der Waals surface area (Å²) < 4.78 is 6.27. The Hall–Kier alpha value is -2.43. The van der Waals surface area contributed by atoms with Crippen molar-refractivity contribution >= 4 is 57.2 Å². The molecule has 40 heavy (non-hydrogen) atoms. The number of aromatic amines is 1. The summed E-state index contributed by atoms with van der Waals surface area (Å²) in [5.74, 6) is 0.425. The van der Waals surface area contributed by atoms with E-state index in [1.807, 2.05) is 76.2 Å². The first-order valence-electron chi connectivity index (χ1n) is 13.5. The van der Waals surface area contributed by atoms with Crippen LogP contribution in [0.5, 0.6) is 0 Å². The molecule has 8 nitrogen and oxygen atoms in total. The molecule has 0 unspecified atom stereocenters. The second-order valence-electron chi connectivity index (χ2n) is 10.8. The Labute approximate surface area is 277 Å². The molecule has 9 heteroatoms. The van der Waals surface area contributed by atoms with Gasteiger partial charge in [-0.3, -0.25) is 23.7 Å². The molecule has 0 aliphatic rings. The number of nitrogens with one attached hydrogen (secondary N) is 1. The van der Waals surface area contributed by atoms with Crippen molar-refractivity contribution in [3.8, 4) is 22.5 Å².